The molecule has 1 unspecified atom stereocenters. The summed E-state index contributed by atoms with van der Waals surface area (Å²) in [5.41, 5.74) is 0.942. The number of rotatable bonds is 8. The molecule has 0 fully saturated rings. The van der Waals surface area contributed by atoms with E-state index in [-0.39, 0.29) is 17.7 Å². The Labute approximate surface area is 244 Å². The number of alkyl halides is 5. The van der Waals surface area contributed by atoms with Gasteiger partial charge in [0.1, 0.15) is 28.8 Å². The minimum atomic E-state index is -5.50. The molecule has 232 valence electrons. The minimum absolute atomic E-state index is 0.0797. The molecular weight excluding hydrogens is 606 g/mol. The Kier molecular flexibility index (Phi) is 8.30. The Morgan fingerprint density at radius 3 is 1.80 bits per heavy atom. The molecule has 4 aromatic carbocycles. The minimum Gasteiger partial charge on any atom is -0.429 e. The van der Waals surface area contributed by atoms with Crippen LogP contribution in [0.25, 0.3) is 22.3 Å². The maximum absolute atomic E-state index is 15.2. The number of ether oxygens (including phenoxy) is 2. The van der Waals surface area contributed by atoms with E-state index in [1.165, 1.54) is 23.3 Å². The number of benzene rings is 4. The van der Waals surface area contributed by atoms with Crippen molar-refractivity contribution in [1.29, 1.82) is 0 Å². The Bertz CT molecular complexity index is 1670. The van der Waals surface area contributed by atoms with Crippen LogP contribution in [0, 0.1) is 35.0 Å². The van der Waals surface area contributed by atoms with Crippen LogP contribution in [-0.4, -0.2) is 6.36 Å². The van der Waals surface area contributed by atoms with Crippen LogP contribution in [0.2, 0.25) is 0 Å². The van der Waals surface area contributed by atoms with Crippen molar-refractivity contribution in [3.8, 4) is 33.8 Å². The molecule has 12 heteroatoms. The molecule has 4 aromatic rings. The van der Waals surface area contributed by atoms with Crippen molar-refractivity contribution in [3.05, 3.63) is 106 Å². The Balaban J connectivity index is 1.39. The normalized spacial score (nSPS) is 14.9. The second kappa shape index (κ2) is 11.7. The summed E-state index contributed by atoms with van der Waals surface area (Å²) in [5.74, 6) is -11.6. The van der Waals surface area contributed by atoms with Gasteiger partial charge in [0.15, 0.2) is 11.6 Å². The lowest BCUT2D eigenvalue weighted by atomic mass is 9.96. The van der Waals surface area contributed by atoms with E-state index >= 15 is 4.39 Å². The molecule has 0 aromatic heterocycles. The van der Waals surface area contributed by atoms with E-state index in [4.69, 9.17) is 0 Å². The molecule has 5 rings (SSSR count). The highest BCUT2D eigenvalue weighted by molar-refractivity contribution is 5.72. The third-order valence-corrected chi connectivity index (χ3v) is 7.30. The molecule has 0 aliphatic heterocycles. The summed E-state index contributed by atoms with van der Waals surface area (Å²) in [7, 11) is 0. The first kappa shape index (κ1) is 31.2. The lowest BCUT2D eigenvalue weighted by Crippen LogP contribution is -2.25. The van der Waals surface area contributed by atoms with E-state index in [0.717, 1.165) is 37.3 Å². The summed E-state index contributed by atoms with van der Waals surface area (Å²) < 4.78 is 147. The van der Waals surface area contributed by atoms with Crippen LogP contribution in [0.15, 0.2) is 60.7 Å². The van der Waals surface area contributed by atoms with Gasteiger partial charge in [0.05, 0.1) is 0 Å². The van der Waals surface area contributed by atoms with Gasteiger partial charge in [-0.3, -0.25) is 0 Å². The first-order chi connectivity index (χ1) is 20.6. The topological polar surface area (TPSA) is 18.5 Å². The second-order valence-electron chi connectivity index (χ2n) is 10.4. The Morgan fingerprint density at radius 2 is 1.20 bits per heavy atom. The van der Waals surface area contributed by atoms with Gasteiger partial charge in [-0.25, -0.2) is 22.0 Å². The fourth-order valence-electron chi connectivity index (χ4n) is 5.44. The fourth-order valence-corrected chi connectivity index (χ4v) is 5.44. The van der Waals surface area contributed by atoms with E-state index in [1.807, 2.05) is 18.2 Å². The van der Waals surface area contributed by atoms with Crippen LogP contribution in [0.3, 0.4) is 0 Å². The van der Waals surface area contributed by atoms with E-state index in [2.05, 4.69) is 16.4 Å². The maximum atomic E-state index is 15.2. The predicted octanol–water partition coefficient (Wildman–Crippen LogP) is 10.3. The summed E-state index contributed by atoms with van der Waals surface area (Å²) >= 11 is 0. The molecule has 2 nitrogen and oxygen atoms in total. The highest BCUT2D eigenvalue weighted by Gasteiger charge is 2.42. The van der Waals surface area contributed by atoms with Crippen LogP contribution in [0.4, 0.5) is 43.9 Å². The molecule has 1 aliphatic carbocycles. The van der Waals surface area contributed by atoms with Crippen LogP contribution in [0.5, 0.6) is 11.5 Å². The Hall–Kier alpha value is -4.22. The van der Waals surface area contributed by atoms with Crippen LogP contribution in [-0.2, 0) is 19.0 Å². The third-order valence-electron chi connectivity index (χ3n) is 7.30. The fraction of sp³-hybridized carbons (Fsp3) is 0.250. The first-order valence-corrected chi connectivity index (χ1v) is 13.4. The molecule has 0 N–H and O–H groups in total. The Morgan fingerprint density at radius 1 is 0.636 bits per heavy atom. The maximum Gasteiger partial charge on any atom is 0.573 e. The molecule has 0 heterocycles. The molecule has 0 spiro atoms. The average molecular weight is 629 g/mol. The van der Waals surface area contributed by atoms with Gasteiger partial charge in [0.25, 0.3) is 0 Å². The summed E-state index contributed by atoms with van der Waals surface area (Å²) in [5, 5.41) is 0. The quantitative estimate of drug-likeness (QED) is 0.181. The van der Waals surface area contributed by atoms with E-state index in [1.54, 1.807) is 0 Å². The van der Waals surface area contributed by atoms with Gasteiger partial charge < -0.3 is 9.47 Å². The molecule has 0 amide bonds. The van der Waals surface area contributed by atoms with Crippen LogP contribution in [0.1, 0.15) is 36.5 Å². The molecule has 0 bridgehead atoms. The molecule has 0 saturated carbocycles. The SMILES string of the molecule is CCCC1Cc2ccc(-c3ccc(-c4cc(F)c(C(F)(F)Oc5cc(F)c(OC(F)(F)F)c(F)c5)c(F)c4)c(F)c3)cc2C1. The largest absolute Gasteiger partial charge is 0.573 e. The first-order valence-electron chi connectivity index (χ1n) is 13.4. The average Bonchev–Trinajstić information content (AvgIpc) is 3.31. The van der Waals surface area contributed by atoms with Crippen molar-refractivity contribution < 1.29 is 53.4 Å². The standard InChI is InChI=1S/C32H22F10O2/c1-2-3-16-8-17-4-5-18(10-20(17)9-16)19-6-7-23(24(33)11-19)21-12-25(34)29(26(35)13-21)31(38,39)43-22-14-27(36)30(28(37)15-22)44-32(40,41)42/h4-7,10-16H,2-3,8-9H2,1H3. The van der Waals surface area contributed by atoms with E-state index in [0.29, 0.717) is 23.6 Å². The zero-order valence-corrected chi connectivity index (χ0v) is 22.8. The predicted molar refractivity (Wildman–Crippen MR) is 141 cm³/mol. The van der Waals surface area contributed by atoms with Gasteiger partial charge in [-0.2, -0.15) is 8.78 Å². The smallest absolute Gasteiger partial charge is 0.429 e. The van der Waals surface area contributed by atoms with Crippen molar-refractivity contribution in [2.45, 2.75) is 45.1 Å². The van der Waals surface area contributed by atoms with Gasteiger partial charge in [-0.05, 0) is 64.8 Å². The molecule has 0 saturated heterocycles. The van der Waals surface area contributed by atoms with Crippen molar-refractivity contribution >= 4 is 0 Å². The van der Waals surface area contributed by atoms with E-state index in [9.17, 15) is 39.5 Å². The second-order valence-corrected chi connectivity index (χ2v) is 10.4. The number of halogens is 10. The number of hydrogen-bond donors (Lipinski definition) is 0. The van der Waals surface area contributed by atoms with Crippen LogP contribution < -0.4 is 9.47 Å². The summed E-state index contributed by atoms with van der Waals surface area (Å²) in [6, 6.07) is 10.4. The van der Waals surface area contributed by atoms with Gasteiger partial charge in [-0.1, -0.05) is 50.1 Å². The summed E-state index contributed by atoms with van der Waals surface area (Å²) in [6.45, 7) is 2.12. The molecule has 44 heavy (non-hydrogen) atoms. The van der Waals surface area contributed by atoms with Crippen molar-refractivity contribution in [1.82, 2.24) is 0 Å². The lowest BCUT2D eigenvalue weighted by molar-refractivity contribution is -0.276. The van der Waals surface area contributed by atoms with Gasteiger partial charge in [0, 0.05) is 17.7 Å². The van der Waals surface area contributed by atoms with Crippen molar-refractivity contribution in [2.24, 2.45) is 5.92 Å². The van der Waals surface area contributed by atoms with Gasteiger partial charge >= 0.3 is 12.5 Å². The number of fused-ring (bicyclic) bond motifs is 1. The van der Waals surface area contributed by atoms with Gasteiger partial charge in [0.2, 0.25) is 5.75 Å². The summed E-state index contributed by atoms with van der Waals surface area (Å²) in [6.07, 6.45) is -6.33. The van der Waals surface area contributed by atoms with Gasteiger partial charge in [-0.15, -0.1) is 13.2 Å². The molecular formula is C32H22F10O2. The van der Waals surface area contributed by atoms with Crippen molar-refractivity contribution in [3.63, 3.8) is 0 Å². The lowest BCUT2D eigenvalue weighted by Gasteiger charge is -2.21. The van der Waals surface area contributed by atoms with Crippen LogP contribution >= 0.6 is 0 Å². The van der Waals surface area contributed by atoms with E-state index < -0.39 is 64.2 Å². The molecule has 1 atom stereocenters. The monoisotopic (exact) mass is 628 g/mol. The zero-order valence-electron chi connectivity index (χ0n) is 22.8. The molecule has 0 radical (unpaired) electrons. The highest BCUT2D eigenvalue weighted by atomic mass is 19.4. The zero-order chi connectivity index (χ0) is 32.0. The highest BCUT2D eigenvalue weighted by Crippen LogP contribution is 2.40. The molecule has 1 aliphatic rings. The third kappa shape index (κ3) is 6.48. The summed E-state index contributed by atoms with van der Waals surface area (Å²) in [4.78, 5) is 0. The number of hydrogen-bond acceptors (Lipinski definition) is 2. The van der Waals surface area contributed by atoms with Crippen molar-refractivity contribution in [2.75, 3.05) is 0 Å².